The molecule has 3 nitrogen and oxygen atoms in total. The van der Waals surface area contributed by atoms with Gasteiger partial charge >= 0.3 is 0 Å². The van der Waals surface area contributed by atoms with Crippen LogP contribution in [0.5, 0.6) is 0 Å². The topological polar surface area (TPSA) is 43.8 Å². The zero-order valence-corrected chi connectivity index (χ0v) is 9.62. The minimum Gasteiger partial charge on any atom is -0.384 e. The van der Waals surface area contributed by atoms with E-state index in [4.69, 9.17) is 5.73 Å². The second kappa shape index (κ2) is 4.49. The fraction of sp³-hybridized carbons (Fsp3) is 0.727. The Morgan fingerprint density at radius 3 is 2.43 bits per heavy atom. The molecule has 0 atom stereocenters. The number of hydrogen-bond acceptors (Lipinski definition) is 2. The van der Waals surface area contributed by atoms with E-state index in [1.807, 2.05) is 10.9 Å². The van der Waals surface area contributed by atoms with Crippen molar-refractivity contribution in [1.29, 1.82) is 0 Å². The Morgan fingerprint density at radius 1 is 1.29 bits per heavy atom. The highest BCUT2D eigenvalue weighted by atomic mass is 15.1. The van der Waals surface area contributed by atoms with Crippen molar-refractivity contribution in [3.63, 3.8) is 0 Å². The van der Waals surface area contributed by atoms with Gasteiger partial charge in [-0.15, -0.1) is 0 Å². The van der Waals surface area contributed by atoms with Crippen molar-refractivity contribution in [2.75, 3.05) is 5.73 Å². The Balaban J connectivity index is 2.75. The van der Waals surface area contributed by atoms with Gasteiger partial charge in [-0.3, -0.25) is 0 Å². The quantitative estimate of drug-likeness (QED) is 0.801. The van der Waals surface area contributed by atoms with E-state index in [-0.39, 0.29) is 0 Å². The highest BCUT2D eigenvalue weighted by Crippen LogP contribution is 2.15. The van der Waals surface area contributed by atoms with Gasteiger partial charge in [0, 0.05) is 6.54 Å². The van der Waals surface area contributed by atoms with Crippen molar-refractivity contribution < 1.29 is 0 Å². The minimum atomic E-state index is 0.610. The van der Waals surface area contributed by atoms with Gasteiger partial charge in [-0.2, -0.15) is 0 Å². The lowest BCUT2D eigenvalue weighted by atomic mass is 10.1. The molecule has 80 valence electrons. The minimum absolute atomic E-state index is 0.610. The maximum Gasteiger partial charge on any atom is 0.126 e. The van der Waals surface area contributed by atoms with Gasteiger partial charge in [-0.1, -0.05) is 27.7 Å². The number of nitrogens with zero attached hydrogens (tertiary/aromatic N) is 2. The summed E-state index contributed by atoms with van der Waals surface area (Å²) in [7, 11) is 0. The number of nitrogen functional groups attached to an aromatic ring is 1. The number of imidazole rings is 1. The van der Waals surface area contributed by atoms with Gasteiger partial charge in [0.2, 0.25) is 0 Å². The molecular weight excluding hydrogens is 174 g/mol. The lowest BCUT2D eigenvalue weighted by Crippen LogP contribution is -2.08. The van der Waals surface area contributed by atoms with E-state index in [0.29, 0.717) is 11.8 Å². The van der Waals surface area contributed by atoms with Crippen molar-refractivity contribution in [3.05, 3.63) is 12.0 Å². The molecule has 1 aromatic rings. The maximum absolute atomic E-state index is 6.00. The standard InChI is InChI=1S/C11H21N3/c1-8(2)5-10-11(12)14(7-13-10)6-9(3)4/h7-9H,5-6,12H2,1-4H3. The molecule has 0 fully saturated rings. The molecule has 0 radical (unpaired) electrons. The second-order valence-corrected chi connectivity index (χ2v) is 4.72. The molecule has 0 aliphatic carbocycles. The van der Waals surface area contributed by atoms with Crippen LogP contribution in [0.4, 0.5) is 5.82 Å². The number of rotatable bonds is 4. The van der Waals surface area contributed by atoms with Crippen molar-refractivity contribution >= 4 is 5.82 Å². The highest BCUT2D eigenvalue weighted by molar-refractivity contribution is 5.36. The summed E-state index contributed by atoms with van der Waals surface area (Å²) in [5, 5.41) is 0. The van der Waals surface area contributed by atoms with Crippen molar-refractivity contribution in [2.24, 2.45) is 11.8 Å². The molecule has 0 spiro atoms. The Bertz CT molecular complexity index is 259. The molecule has 3 heteroatoms. The van der Waals surface area contributed by atoms with Gasteiger partial charge in [-0.05, 0) is 18.3 Å². The zero-order valence-electron chi connectivity index (χ0n) is 9.62. The number of aromatic nitrogens is 2. The van der Waals surface area contributed by atoms with Crippen LogP contribution in [-0.4, -0.2) is 9.55 Å². The summed E-state index contributed by atoms with van der Waals surface area (Å²) in [4.78, 5) is 4.35. The van der Waals surface area contributed by atoms with Crippen LogP contribution in [0.3, 0.4) is 0 Å². The first-order valence-corrected chi connectivity index (χ1v) is 5.30. The normalized spacial score (nSPS) is 11.6. The second-order valence-electron chi connectivity index (χ2n) is 4.72. The van der Waals surface area contributed by atoms with E-state index in [2.05, 4.69) is 32.7 Å². The summed E-state index contributed by atoms with van der Waals surface area (Å²) in [6.07, 6.45) is 2.82. The molecule has 0 aliphatic heterocycles. The van der Waals surface area contributed by atoms with Gasteiger partial charge in [0.1, 0.15) is 5.82 Å². The average molecular weight is 195 g/mol. The molecule has 1 aromatic heterocycles. The zero-order chi connectivity index (χ0) is 10.7. The van der Waals surface area contributed by atoms with Gasteiger partial charge in [0.05, 0.1) is 12.0 Å². The van der Waals surface area contributed by atoms with Crippen LogP contribution in [0.1, 0.15) is 33.4 Å². The third-order valence-electron chi connectivity index (χ3n) is 2.12. The smallest absolute Gasteiger partial charge is 0.126 e. The monoisotopic (exact) mass is 195 g/mol. The summed E-state index contributed by atoms with van der Waals surface area (Å²) in [6, 6.07) is 0. The van der Waals surface area contributed by atoms with Crippen molar-refractivity contribution in [3.8, 4) is 0 Å². The SMILES string of the molecule is CC(C)Cc1ncn(CC(C)C)c1N. The third-order valence-corrected chi connectivity index (χ3v) is 2.12. The van der Waals surface area contributed by atoms with Gasteiger partial charge < -0.3 is 10.3 Å². The Morgan fingerprint density at radius 2 is 1.93 bits per heavy atom. The van der Waals surface area contributed by atoms with Crippen LogP contribution in [-0.2, 0) is 13.0 Å². The maximum atomic E-state index is 6.00. The lowest BCUT2D eigenvalue weighted by Gasteiger charge is -2.08. The van der Waals surface area contributed by atoms with E-state index in [0.717, 1.165) is 24.5 Å². The average Bonchev–Trinajstić information content (AvgIpc) is 2.34. The van der Waals surface area contributed by atoms with E-state index < -0.39 is 0 Å². The predicted molar refractivity (Wildman–Crippen MR) is 60.0 cm³/mol. The largest absolute Gasteiger partial charge is 0.384 e. The fourth-order valence-electron chi connectivity index (χ4n) is 1.52. The molecule has 2 N–H and O–H groups in total. The first kappa shape index (κ1) is 11.1. The van der Waals surface area contributed by atoms with E-state index >= 15 is 0 Å². The Hall–Kier alpha value is -0.990. The van der Waals surface area contributed by atoms with Crippen molar-refractivity contribution in [1.82, 2.24) is 9.55 Å². The molecule has 14 heavy (non-hydrogen) atoms. The van der Waals surface area contributed by atoms with Crippen LogP contribution in [0.25, 0.3) is 0 Å². The molecule has 1 heterocycles. The number of anilines is 1. The van der Waals surface area contributed by atoms with Gasteiger partial charge in [0.25, 0.3) is 0 Å². The summed E-state index contributed by atoms with van der Waals surface area (Å²) in [6.45, 7) is 9.68. The predicted octanol–water partition coefficient (Wildman–Crippen LogP) is 2.32. The molecule has 1 rings (SSSR count). The van der Waals surface area contributed by atoms with E-state index in [1.54, 1.807) is 0 Å². The van der Waals surface area contributed by atoms with Crippen LogP contribution >= 0.6 is 0 Å². The summed E-state index contributed by atoms with van der Waals surface area (Å²) < 4.78 is 2.04. The molecule has 0 amide bonds. The molecule has 0 aromatic carbocycles. The fourth-order valence-corrected chi connectivity index (χ4v) is 1.52. The molecule has 0 unspecified atom stereocenters. The van der Waals surface area contributed by atoms with Gasteiger partial charge in [-0.25, -0.2) is 4.98 Å². The number of hydrogen-bond donors (Lipinski definition) is 1. The van der Waals surface area contributed by atoms with Crippen LogP contribution in [0.2, 0.25) is 0 Å². The van der Waals surface area contributed by atoms with E-state index in [1.165, 1.54) is 0 Å². The first-order chi connectivity index (χ1) is 6.50. The van der Waals surface area contributed by atoms with E-state index in [9.17, 15) is 0 Å². The highest BCUT2D eigenvalue weighted by Gasteiger charge is 2.09. The summed E-state index contributed by atoms with van der Waals surface area (Å²) in [5.74, 6) is 2.06. The van der Waals surface area contributed by atoms with Crippen LogP contribution < -0.4 is 5.73 Å². The molecule has 0 saturated heterocycles. The first-order valence-electron chi connectivity index (χ1n) is 5.30. The molecule has 0 aliphatic rings. The lowest BCUT2D eigenvalue weighted by molar-refractivity contribution is 0.527. The van der Waals surface area contributed by atoms with Gasteiger partial charge in [0.15, 0.2) is 0 Å². The third kappa shape index (κ3) is 2.76. The van der Waals surface area contributed by atoms with Crippen LogP contribution in [0.15, 0.2) is 6.33 Å². The molecule has 0 saturated carbocycles. The Labute approximate surface area is 86.3 Å². The molecular formula is C11H21N3. The summed E-state index contributed by atoms with van der Waals surface area (Å²) >= 11 is 0. The van der Waals surface area contributed by atoms with Crippen LogP contribution in [0, 0.1) is 11.8 Å². The summed E-state index contributed by atoms with van der Waals surface area (Å²) in [5.41, 5.74) is 7.04. The van der Waals surface area contributed by atoms with Crippen molar-refractivity contribution in [2.45, 2.75) is 40.7 Å². The number of nitrogens with two attached hydrogens (primary N) is 1. The molecule has 0 bridgehead atoms. The Kier molecular flexibility index (Phi) is 3.55.